The maximum Gasteiger partial charge on any atom is 0.323 e. The first-order valence-electron chi connectivity index (χ1n) is 7.02. The standard InChI is InChI=1S/C16H15Cl2N3O3/c17-10-2-1-3-12(8-10)20-16(24)21-14-9-11(18)4-5-13(14)15(23)19-6-7-22/h1-5,8-9,22H,6-7H2,(H,19,23)(H2,20,21,24). The molecular weight excluding hydrogens is 353 g/mol. The first-order chi connectivity index (χ1) is 11.5. The van der Waals surface area contributed by atoms with Crippen LogP contribution in [0.2, 0.25) is 10.0 Å². The number of aliphatic hydroxyl groups is 1. The molecule has 4 N–H and O–H groups in total. The lowest BCUT2D eigenvalue weighted by molar-refractivity contribution is 0.0945. The zero-order valence-electron chi connectivity index (χ0n) is 12.5. The van der Waals surface area contributed by atoms with Gasteiger partial charge in [0.1, 0.15) is 0 Å². The van der Waals surface area contributed by atoms with Crippen molar-refractivity contribution in [3.05, 3.63) is 58.1 Å². The van der Waals surface area contributed by atoms with Gasteiger partial charge in [0, 0.05) is 22.3 Å². The zero-order chi connectivity index (χ0) is 17.5. The van der Waals surface area contributed by atoms with Crippen molar-refractivity contribution >= 4 is 46.5 Å². The van der Waals surface area contributed by atoms with Crippen molar-refractivity contribution in [3.8, 4) is 0 Å². The maximum absolute atomic E-state index is 12.1. The SMILES string of the molecule is O=C(Nc1cccc(Cl)c1)Nc1cc(Cl)ccc1C(=O)NCCO. The fourth-order valence-corrected chi connectivity index (χ4v) is 2.30. The molecule has 0 spiro atoms. The lowest BCUT2D eigenvalue weighted by Crippen LogP contribution is -2.28. The van der Waals surface area contributed by atoms with Gasteiger partial charge in [-0.25, -0.2) is 4.79 Å². The van der Waals surface area contributed by atoms with Crippen molar-refractivity contribution in [1.82, 2.24) is 5.32 Å². The predicted octanol–water partition coefficient (Wildman–Crippen LogP) is 3.36. The van der Waals surface area contributed by atoms with E-state index in [9.17, 15) is 9.59 Å². The fraction of sp³-hybridized carbons (Fsp3) is 0.125. The molecule has 6 nitrogen and oxygen atoms in total. The smallest absolute Gasteiger partial charge is 0.323 e. The molecule has 0 fully saturated rings. The summed E-state index contributed by atoms with van der Waals surface area (Å²) >= 11 is 11.8. The summed E-state index contributed by atoms with van der Waals surface area (Å²) in [5.41, 5.74) is 0.986. The number of hydrogen-bond acceptors (Lipinski definition) is 3. The summed E-state index contributed by atoms with van der Waals surface area (Å²) in [6.07, 6.45) is 0. The first-order valence-corrected chi connectivity index (χ1v) is 7.77. The Kier molecular flexibility index (Phi) is 6.43. The minimum Gasteiger partial charge on any atom is -0.395 e. The van der Waals surface area contributed by atoms with Gasteiger partial charge in [-0.15, -0.1) is 0 Å². The molecule has 0 aliphatic rings. The third-order valence-corrected chi connectivity index (χ3v) is 3.42. The van der Waals surface area contributed by atoms with Crippen LogP contribution in [0.15, 0.2) is 42.5 Å². The number of hydrogen-bond donors (Lipinski definition) is 4. The molecule has 0 aromatic heterocycles. The van der Waals surface area contributed by atoms with E-state index in [1.807, 2.05) is 0 Å². The van der Waals surface area contributed by atoms with E-state index in [0.717, 1.165) is 0 Å². The lowest BCUT2D eigenvalue weighted by Gasteiger charge is -2.12. The van der Waals surface area contributed by atoms with Crippen molar-refractivity contribution in [1.29, 1.82) is 0 Å². The molecular formula is C16H15Cl2N3O3. The van der Waals surface area contributed by atoms with Crippen LogP contribution in [-0.4, -0.2) is 30.2 Å². The zero-order valence-corrected chi connectivity index (χ0v) is 14.0. The third-order valence-electron chi connectivity index (χ3n) is 2.95. The van der Waals surface area contributed by atoms with Crippen LogP contribution in [0, 0.1) is 0 Å². The summed E-state index contributed by atoms with van der Waals surface area (Å²) in [6.45, 7) is -0.0764. The monoisotopic (exact) mass is 367 g/mol. The number of nitrogens with one attached hydrogen (secondary N) is 3. The summed E-state index contributed by atoms with van der Waals surface area (Å²) in [6, 6.07) is 10.6. The van der Waals surface area contributed by atoms with Crippen LogP contribution < -0.4 is 16.0 Å². The molecule has 0 aliphatic heterocycles. The predicted molar refractivity (Wildman–Crippen MR) is 95.0 cm³/mol. The highest BCUT2D eigenvalue weighted by Gasteiger charge is 2.14. The largest absolute Gasteiger partial charge is 0.395 e. The number of halogens is 2. The van der Waals surface area contributed by atoms with E-state index in [1.165, 1.54) is 18.2 Å². The highest BCUT2D eigenvalue weighted by atomic mass is 35.5. The van der Waals surface area contributed by atoms with E-state index >= 15 is 0 Å². The number of anilines is 2. The topological polar surface area (TPSA) is 90.5 Å². The summed E-state index contributed by atoms with van der Waals surface area (Å²) in [4.78, 5) is 24.2. The van der Waals surface area contributed by atoms with E-state index in [-0.39, 0.29) is 24.4 Å². The minimum absolute atomic E-state index is 0.107. The molecule has 8 heteroatoms. The van der Waals surface area contributed by atoms with Crippen LogP contribution in [0.1, 0.15) is 10.4 Å². The third kappa shape index (κ3) is 5.13. The van der Waals surface area contributed by atoms with Crippen molar-refractivity contribution in [2.75, 3.05) is 23.8 Å². The summed E-state index contributed by atoms with van der Waals surface area (Å²) in [7, 11) is 0. The second kappa shape index (κ2) is 8.54. The van der Waals surface area contributed by atoms with Gasteiger partial charge >= 0.3 is 6.03 Å². The highest BCUT2D eigenvalue weighted by Crippen LogP contribution is 2.22. The Balaban J connectivity index is 2.14. The van der Waals surface area contributed by atoms with Crippen LogP contribution in [0.4, 0.5) is 16.2 Å². The maximum atomic E-state index is 12.1. The van der Waals surface area contributed by atoms with Crippen molar-refractivity contribution < 1.29 is 14.7 Å². The molecule has 126 valence electrons. The number of rotatable bonds is 5. The number of benzene rings is 2. The van der Waals surface area contributed by atoms with E-state index in [4.69, 9.17) is 28.3 Å². The van der Waals surface area contributed by atoms with E-state index in [1.54, 1.807) is 24.3 Å². The molecule has 0 saturated carbocycles. The summed E-state index contributed by atoms with van der Waals surface area (Å²) in [5.74, 6) is -0.432. The molecule has 0 bridgehead atoms. The van der Waals surface area contributed by atoms with E-state index in [2.05, 4.69) is 16.0 Å². The number of carbonyl (C=O) groups is 2. The van der Waals surface area contributed by atoms with E-state index in [0.29, 0.717) is 15.7 Å². The summed E-state index contributed by atoms with van der Waals surface area (Å²) < 4.78 is 0. The van der Waals surface area contributed by atoms with Crippen molar-refractivity contribution in [2.24, 2.45) is 0 Å². The van der Waals surface area contributed by atoms with Crippen LogP contribution in [0.3, 0.4) is 0 Å². The van der Waals surface area contributed by atoms with Crippen molar-refractivity contribution in [2.45, 2.75) is 0 Å². The molecule has 24 heavy (non-hydrogen) atoms. The van der Waals surface area contributed by atoms with Gasteiger partial charge in [0.15, 0.2) is 0 Å². The molecule has 3 amide bonds. The van der Waals surface area contributed by atoms with Gasteiger partial charge in [-0.1, -0.05) is 29.3 Å². The van der Waals surface area contributed by atoms with Gasteiger partial charge in [0.2, 0.25) is 0 Å². The Hall–Kier alpha value is -2.28. The summed E-state index contributed by atoms with van der Waals surface area (Å²) in [5, 5.41) is 17.3. The molecule has 0 aliphatic carbocycles. The van der Waals surface area contributed by atoms with Gasteiger partial charge in [-0.05, 0) is 36.4 Å². The van der Waals surface area contributed by atoms with Crippen molar-refractivity contribution in [3.63, 3.8) is 0 Å². The molecule has 0 atom stereocenters. The van der Waals surface area contributed by atoms with Crippen LogP contribution in [0.25, 0.3) is 0 Å². The van der Waals surface area contributed by atoms with Crippen LogP contribution in [0.5, 0.6) is 0 Å². The quantitative estimate of drug-likeness (QED) is 0.652. The van der Waals surface area contributed by atoms with Gasteiger partial charge in [-0.2, -0.15) is 0 Å². The Labute approximate surface area is 148 Å². The molecule has 2 aromatic carbocycles. The van der Waals surface area contributed by atoms with Gasteiger partial charge in [-0.3, -0.25) is 4.79 Å². The molecule has 0 saturated heterocycles. The second-order valence-electron chi connectivity index (χ2n) is 4.76. The van der Waals surface area contributed by atoms with E-state index < -0.39 is 11.9 Å². The normalized spacial score (nSPS) is 10.1. The number of urea groups is 1. The second-order valence-corrected chi connectivity index (χ2v) is 5.63. The minimum atomic E-state index is -0.546. The number of carbonyl (C=O) groups excluding carboxylic acids is 2. The highest BCUT2D eigenvalue weighted by molar-refractivity contribution is 6.31. The molecule has 2 aromatic rings. The van der Waals surface area contributed by atoms with Crippen LogP contribution >= 0.6 is 23.2 Å². The molecule has 0 heterocycles. The Bertz CT molecular complexity index is 753. The van der Waals surface area contributed by atoms with Gasteiger partial charge < -0.3 is 21.1 Å². The Morgan fingerprint density at radius 1 is 1.00 bits per heavy atom. The lowest BCUT2D eigenvalue weighted by atomic mass is 10.1. The average Bonchev–Trinajstić information content (AvgIpc) is 2.52. The Morgan fingerprint density at radius 2 is 1.75 bits per heavy atom. The molecule has 0 unspecified atom stereocenters. The fourth-order valence-electron chi connectivity index (χ4n) is 1.93. The van der Waals surface area contributed by atoms with Gasteiger partial charge in [0.05, 0.1) is 17.9 Å². The molecule has 0 radical (unpaired) electrons. The van der Waals surface area contributed by atoms with Gasteiger partial charge in [0.25, 0.3) is 5.91 Å². The Morgan fingerprint density at radius 3 is 2.46 bits per heavy atom. The first kappa shape index (κ1) is 18.1. The number of aliphatic hydroxyl groups excluding tert-OH is 1. The molecule has 2 rings (SSSR count). The number of amides is 3. The van der Waals surface area contributed by atoms with Crippen LogP contribution in [-0.2, 0) is 0 Å². The average molecular weight is 368 g/mol.